The zero-order valence-electron chi connectivity index (χ0n) is 26.1. The molecule has 0 aromatic heterocycles. The molecule has 0 bridgehead atoms. The fraction of sp³-hybridized carbons (Fsp3) is 0.273. The molecule has 19 heteroatoms. The summed E-state index contributed by atoms with van der Waals surface area (Å²) in [7, 11) is -0.727. The van der Waals surface area contributed by atoms with Gasteiger partial charge in [-0.15, -0.1) is 23.2 Å². The minimum atomic E-state index is -2.76. The Kier molecular flexibility index (Phi) is 8.72. The maximum absolute atomic E-state index is 15.3. The van der Waals surface area contributed by atoms with Gasteiger partial charge in [0.25, 0.3) is 11.8 Å². The number of ether oxygens (including phenoxy) is 1. The van der Waals surface area contributed by atoms with Gasteiger partial charge >= 0.3 is 7.12 Å². The maximum Gasteiger partial charge on any atom is 0.488 e. The Balaban J connectivity index is 1.44. The number of imide groups is 2. The summed E-state index contributed by atoms with van der Waals surface area (Å²) in [6.07, 6.45) is 0.686. The van der Waals surface area contributed by atoms with E-state index in [-0.39, 0.29) is 48.7 Å². The number of rotatable bonds is 5. The van der Waals surface area contributed by atoms with Crippen molar-refractivity contribution in [1.82, 2.24) is 0 Å². The summed E-state index contributed by atoms with van der Waals surface area (Å²) in [6, 6.07) is 7.93. The number of phenols is 1. The Bertz CT molecular complexity index is 2170. The normalized spacial score (nSPS) is 28.2. The minimum Gasteiger partial charge on any atom is -0.504 e. The van der Waals surface area contributed by atoms with Gasteiger partial charge in [0.2, 0.25) is 17.6 Å². The first-order valence-corrected chi connectivity index (χ1v) is 17.1. The molecule has 2 aliphatic heterocycles. The molecule has 3 aromatic carbocycles. The molecule has 0 spiro atoms. The monoisotopic (exact) mass is 876 g/mol. The molecule has 1 saturated carbocycles. The summed E-state index contributed by atoms with van der Waals surface area (Å²) in [5.74, 6) is -22.8. The molecule has 6 atom stereocenters. The average Bonchev–Trinajstić information content (AvgIpc) is 3.45. The van der Waals surface area contributed by atoms with Gasteiger partial charge in [0, 0.05) is 5.92 Å². The first kappa shape index (κ1) is 36.6. The highest BCUT2D eigenvalue weighted by Gasteiger charge is 2.77. The molecule has 52 heavy (non-hydrogen) atoms. The Morgan fingerprint density at radius 1 is 0.885 bits per heavy atom. The van der Waals surface area contributed by atoms with Gasteiger partial charge in [-0.1, -0.05) is 23.8 Å². The molecule has 7 rings (SSSR count). The van der Waals surface area contributed by atoms with E-state index in [0.717, 1.165) is 4.90 Å². The van der Waals surface area contributed by atoms with Crippen LogP contribution in [0.4, 0.5) is 33.3 Å². The van der Waals surface area contributed by atoms with Crippen LogP contribution < -0.4 is 20.0 Å². The van der Waals surface area contributed by atoms with Gasteiger partial charge in [-0.2, -0.15) is 0 Å². The van der Waals surface area contributed by atoms with Crippen molar-refractivity contribution in [2.45, 2.75) is 28.5 Å². The highest BCUT2D eigenvalue weighted by atomic mass is 127. The number of anilines is 2. The third kappa shape index (κ3) is 4.74. The summed E-state index contributed by atoms with van der Waals surface area (Å²) in [5.41, 5.74) is -1.70. The predicted octanol–water partition coefficient (Wildman–Crippen LogP) is 4.15. The zero-order valence-corrected chi connectivity index (χ0v) is 29.8. The lowest BCUT2D eigenvalue weighted by Crippen LogP contribution is -2.60. The second-order valence-electron chi connectivity index (χ2n) is 12.7. The van der Waals surface area contributed by atoms with Gasteiger partial charge in [-0.05, 0) is 76.6 Å². The summed E-state index contributed by atoms with van der Waals surface area (Å²) >= 11 is 16.0. The fourth-order valence-electron chi connectivity index (χ4n) is 7.94. The molecule has 2 heterocycles. The zero-order chi connectivity index (χ0) is 37.9. The van der Waals surface area contributed by atoms with Gasteiger partial charge < -0.3 is 19.9 Å². The van der Waals surface area contributed by atoms with Gasteiger partial charge in [-0.25, -0.2) is 26.9 Å². The maximum atomic E-state index is 15.3. The van der Waals surface area contributed by atoms with Crippen LogP contribution in [0.1, 0.15) is 24.3 Å². The van der Waals surface area contributed by atoms with Gasteiger partial charge in [0.1, 0.15) is 5.69 Å². The van der Waals surface area contributed by atoms with E-state index in [0.29, 0.717) is 0 Å². The first-order chi connectivity index (χ1) is 24.4. The van der Waals surface area contributed by atoms with Crippen molar-refractivity contribution in [2.24, 2.45) is 17.8 Å². The van der Waals surface area contributed by atoms with E-state index in [1.54, 1.807) is 22.6 Å². The number of hydrogen-bond acceptors (Lipinski definition) is 8. The van der Waals surface area contributed by atoms with Crippen LogP contribution in [0.15, 0.2) is 48.0 Å². The van der Waals surface area contributed by atoms with E-state index in [9.17, 15) is 47.5 Å². The van der Waals surface area contributed by atoms with Gasteiger partial charge in [-0.3, -0.25) is 24.1 Å². The molecule has 0 unspecified atom stereocenters. The molecular formula is C33H21BCl2F5IN2O8. The van der Waals surface area contributed by atoms with E-state index < -0.39 is 105 Å². The lowest BCUT2D eigenvalue weighted by molar-refractivity contribution is -0.125. The van der Waals surface area contributed by atoms with Crippen LogP contribution in [0.2, 0.25) is 0 Å². The molecule has 270 valence electrons. The SMILES string of the molecule is COc1cc([C@H]2C3=CC[C@@H]4C(=O)N(c5cccc(B(O)O)c5)C(=O)[C@@H]4[C@@H]3C[C@@]3(Cl)C(=O)N(c4c(F)c(F)c(F)c(F)c4F)C(=O)[C@@]23Cl)cc(I)c1O. The Labute approximate surface area is 314 Å². The Morgan fingerprint density at radius 2 is 1.52 bits per heavy atom. The number of benzene rings is 3. The van der Waals surface area contributed by atoms with Crippen molar-refractivity contribution in [3.05, 3.63) is 86.3 Å². The quantitative estimate of drug-likeness (QED) is 0.0508. The minimum absolute atomic E-state index is 0.00128. The highest BCUT2D eigenvalue weighted by Crippen LogP contribution is 2.66. The summed E-state index contributed by atoms with van der Waals surface area (Å²) in [5, 5.41) is 30.0. The highest BCUT2D eigenvalue weighted by molar-refractivity contribution is 14.1. The topological polar surface area (TPSA) is 145 Å². The second kappa shape index (κ2) is 12.4. The van der Waals surface area contributed by atoms with Crippen molar-refractivity contribution >= 4 is 93.4 Å². The van der Waals surface area contributed by atoms with Gasteiger partial charge in [0.15, 0.2) is 44.5 Å². The predicted molar refractivity (Wildman–Crippen MR) is 183 cm³/mol. The molecule has 0 radical (unpaired) electrons. The molecular weight excluding hydrogens is 856 g/mol. The third-order valence-corrected chi connectivity index (χ3v) is 12.5. The van der Waals surface area contributed by atoms with Crippen molar-refractivity contribution in [2.75, 3.05) is 16.9 Å². The second-order valence-corrected chi connectivity index (χ2v) is 15.1. The lowest BCUT2D eigenvalue weighted by Gasteiger charge is -2.50. The van der Waals surface area contributed by atoms with E-state index in [2.05, 4.69) is 0 Å². The number of halogens is 8. The number of amides is 4. The third-order valence-electron chi connectivity index (χ3n) is 10.3. The summed E-state index contributed by atoms with van der Waals surface area (Å²) in [6.45, 7) is 0. The lowest BCUT2D eigenvalue weighted by atomic mass is 9.56. The number of phenolic OH excluding ortho intramolecular Hbond substituents is 1. The molecule has 10 nitrogen and oxygen atoms in total. The molecule has 2 aliphatic carbocycles. The Morgan fingerprint density at radius 3 is 2.13 bits per heavy atom. The van der Waals surface area contributed by atoms with Crippen molar-refractivity contribution in [3.8, 4) is 11.5 Å². The van der Waals surface area contributed by atoms with Crippen LogP contribution in [0.25, 0.3) is 0 Å². The molecule has 2 saturated heterocycles. The standard InChI is InChI=1S/C33H21BCl2F5IN2O8/c1-52-18-8-11(7-17(42)27(18)45)20-14-5-6-15-19(29(47)43(28(15)46)13-4-2-3-12(9-13)34(50)51)16(14)10-32(35)30(48)44(31(49)33(20,32)36)26-24(40)22(38)21(37)23(39)25(26)41/h2-5,7-9,15-16,19-20,45,50-51H,6,10H2,1H3/t15-,16+,19-,20-,32+,33-/m0/s1. The number of carbonyl (C=O) groups is 4. The Hall–Kier alpha value is -3.78. The number of hydrogen-bond donors (Lipinski definition) is 3. The number of allylic oxidation sites excluding steroid dienone is 2. The smallest absolute Gasteiger partial charge is 0.488 e. The molecule has 3 fully saturated rings. The van der Waals surface area contributed by atoms with Crippen molar-refractivity contribution < 1.29 is 61.0 Å². The largest absolute Gasteiger partial charge is 0.504 e. The van der Waals surface area contributed by atoms with E-state index in [1.807, 2.05) is 0 Å². The fourth-order valence-corrected chi connectivity index (χ4v) is 9.50. The number of aromatic hydroxyl groups is 1. The number of methoxy groups -OCH3 is 1. The summed E-state index contributed by atoms with van der Waals surface area (Å²) < 4.78 is 79.0. The van der Waals surface area contributed by atoms with Crippen molar-refractivity contribution in [1.29, 1.82) is 0 Å². The van der Waals surface area contributed by atoms with Crippen LogP contribution in [0.5, 0.6) is 11.5 Å². The average molecular weight is 877 g/mol. The van der Waals surface area contributed by atoms with Gasteiger partial charge in [0.05, 0.1) is 28.2 Å². The van der Waals surface area contributed by atoms with E-state index in [4.69, 9.17) is 27.9 Å². The molecule has 4 aliphatic rings. The number of nitrogens with zero attached hydrogens (tertiary/aromatic N) is 2. The van der Waals surface area contributed by atoms with Crippen LogP contribution in [-0.4, -0.2) is 62.8 Å². The molecule has 4 amide bonds. The number of alkyl halides is 2. The van der Waals surface area contributed by atoms with Crippen LogP contribution in [-0.2, 0) is 19.2 Å². The van der Waals surface area contributed by atoms with E-state index >= 15 is 8.78 Å². The summed E-state index contributed by atoms with van der Waals surface area (Å²) in [4.78, 5) is 52.0. The number of carbonyl (C=O) groups excluding carboxylic acids is 4. The molecule has 3 N–H and O–H groups in total. The first-order valence-electron chi connectivity index (χ1n) is 15.3. The van der Waals surface area contributed by atoms with Crippen LogP contribution in [0.3, 0.4) is 0 Å². The number of fused-ring (bicyclic) bond motifs is 4. The van der Waals surface area contributed by atoms with Crippen molar-refractivity contribution in [3.63, 3.8) is 0 Å². The molecule has 3 aromatic rings. The van der Waals surface area contributed by atoms with Crippen LogP contribution in [0, 0.1) is 50.4 Å². The van der Waals surface area contributed by atoms with E-state index in [1.165, 1.54) is 49.6 Å². The van der Waals surface area contributed by atoms with Crippen LogP contribution >= 0.6 is 45.8 Å².